The zero-order valence-corrected chi connectivity index (χ0v) is 31.7. The number of carbonyl (C=O) groups is 3. The van der Waals surface area contributed by atoms with Crippen LogP contribution in [0, 0.1) is 20.2 Å². The molecule has 0 radical (unpaired) electrons. The molecule has 6 N–H and O–H groups in total. The molecule has 0 spiro atoms. The van der Waals surface area contributed by atoms with Crippen molar-refractivity contribution < 1.29 is 84.1 Å². The smallest absolute Gasteiger partial charge is 0.870 e. The van der Waals surface area contributed by atoms with Crippen LogP contribution in [0.25, 0.3) is 0 Å². The second kappa shape index (κ2) is 18.1. The van der Waals surface area contributed by atoms with Gasteiger partial charge in [-0.05, 0) is 50.7 Å². The molecular weight excluding hydrogens is 645 g/mol. The summed E-state index contributed by atoms with van der Waals surface area (Å²) >= 11 is 0. The molecule has 0 saturated heterocycles. The summed E-state index contributed by atoms with van der Waals surface area (Å²) < 4.78 is 9.45. The van der Waals surface area contributed by atoms with E-state index in [9.17, 15) is 44.8 Å². The number of phenols is 1. The van der Waals surface area contributed by atoms with Crippen molar-refractivity contribution >= 4 is 29.4 Å². The molecule has 1 amide bonds. The maximum Gasteiger partial charge on any atom is 1.00 e. The van der Waals surface area contributed by atoms with Crippen molar-refractivity contribution in [1.82, 2.24) is 0 Å². The third-order valence-electron chi connectivity index (χ3n) is 7.08. The number of aliphatic hydroxyl groups is 1. The molecule has 16 nitrogen and oxygen atoms in total. The van der Waals surface area contributed by atoms with Gasteiger partial charge in [0.2, 0.25) is 5.91 Å². The first-order valence-electron chi connectivity index (χ1n) is 13.8. The van der Waals surface area contributed by atoms with Gasteiger partial charge in [0.05, 0.1) is 39.9 Å². The van der Waals surface area contributed by atoms with Gasteiger partial charge in [0, 0.05) is 29.4 Å². The Bertz CT molecular complexity index is 1490. The number of aliphatic hydroxyl groups excluding tert-OH is 1. The molecule has 0 aliphatic carbocycles. The molecule has 264 valence electrons. The largest absolute Gasteiger partial charge is 1.00 e. The zero-order valence-electron chi connectivity index (χ0n) is 29.7. The fourth-order valence-corrected chi connectivity index (χ4v) is 4.10. The van der Waals surface area contributed by atoms with Crippen molar-refractivity contribution in [3.8, 4) is 11.5 Å². The van der Waals surface area contributed by atoms with Gasteiger partial charge in [-0.15, -0.1) is 0 Å². The minimum Gasteiger partial charge on any atom is -0.870 e. The summed E-state index contributed by atoms with van der Waals surface area (Å²) in [6.45, 7) is 16.8. The maximum absolute atomic E-state index is 11.8. The molecule has 0 aliphatic heterocycles. The fraction of sp³-hybridized carbons (Fsp3) is 0.516. The molecule has 2 aromatic carbocycles. The van der Waals surface area contributed by atoms with Crippen LogP contribution < -0.4 is 40.0 Å². The number of benzene rings is 2. The van der Waals surface area contributed by atoms with Crippen molar-refractivity contribution in [1.29, 1.82) is 0 Å². The van der Waals surface area contributed by atoms with E-state index >= 15 is 0 Å². The van der Waals surface area contributed by atoms with E-state index < -0.39 is 49.5 Å². The van der Waals surface area contributed by atoms with Gasteiger partial charge in [-0.25, -0.2) is 4.79 Å². The predicted molar refractivity (Wildman–Crippen MR) is 171 cm³/mol. The number of nitro benzene ring substituents is 2. The summed E-state index contributed by atoms with van der Waals surface area (Å²) in [5, 5.41) is 48.7. The van der Waals surface area contributed by atoms with Crippen LogP contribution in [0.3, 0.4) is 0 Å². The monoisotopic (exact) mass is 691 g/mol. The molecule has 2 rings (SSSR count). The first-order chi connectivity index (χ1) is 20.7. The van der Waals surface area contributed by atoms with E-state index in [-0.39, 0.29) is 69.0 Å². The first kappa shape index (κ1) is 48.6. The van der Waals surface area contributed by atoms with Gasteiger partial charge in [-0.1, -0.05) is 41.5 Å². The number of aliphatic carboxylic acids is 1. The Labute approximate surface area is 301 Å². The summed E-state index contributed by atoms with van der Waals surface area (Å²) in [4.78, 5) is 56.0. The number of ether oxygens (including phenoxy) is 2. The Morgan fingerprint density at radius 2 is 1.10 bits per heavy atom. The Kier molecular flexibility index (Phi) is 18.3. The molecule has 0 atom stereocenters. The second-order valence-corrected chi connectivity index (χ2v) is 13.2. The van der Waals surface area contributed by atoms with Crippen LogP contribution in [0.5, 0.6) is 11.5 Å². The van der Waals surface area contributed by atoms with Gasteiger partial charge in [0.1, 0.15) is 11.5 Å². The average molecular weight is 692 g/mol. The van der Waals surface area contributed by atoms with E-state index in [4.69, 9.17) is 15.6 Å². The predicted octanol–water partition coefficient (Wildman–Crippen LogP) is 2.20. The van der Waals surface area contributed by atoms with Crippen molar-refractivity contribution in [2.24, 2.45) is 5.73 Å². The molecule has 0 heterocycles. The van der Waals surface area contributed by atoms with Crippen molar-refractivity contribution in [3.05, 3.63) is 66.7 Å². The summed E-state index contributed by atoms with van der Waals surface area (Å²) in [6.07, 6.45) is -1.05. The van der Waals surface area contributed by atoms with Crippen LogP contribution in [0.15, 0.2) is 24.3 Å². The van der Waals surface area contributed by atoms with Crippen molar-refractivity contribution in [2.45, 2.75) is 90.9 Å². The molecule has 48 heavy (non-hydrogen) atoms. The van der Waals surface area contributed by atoms with Gasteiger partial charge in [0.25, 0.3) is 11.4 Å². The van der Waals surface area contributed by atoms with Gasteiger partial charge in [-0.2, -0.15) is 0 Å². The van der Waals surface area contributed by atoms with E-state index in [0.717, 1.165) is 26.4 Å². The Hall–Kier alpha value is -3.83. The Balaban J connectivity index is -0.000000781. The number of phenolic OH excluding ortho intramolecular Hbond substituents is 1. The summed E-state index contributed by atoms with van der Waals surface area (Å²) in [5.74, 6) is -2.28. The third kappa shape index (κ3) is 11.7. The fourth-order valence-electron chi connectivity index (χ4n) is 4.10. The molecule has 2 aromatic rings. The van der Waals surface area contributed by atoms with Crippen LogP contribution in [0.1, 0.15) is 91.5 Å². The molecule has 17 heteroatoms. The van der Waals surface area contributed by atoms with Crippen LogP contribution >= 0.6 is 0 Å². The van der Waals surface area contributed by atoms with Crippen molar-refractivity contribution in [2.75, 3.05) is 14.2 Å². The summed E-state index contributed by atoms with van der Waals surface area (Å²) in [5.41, 5.74) is 2.59. The van der Waals surface area contributed by atoms with E-state index in [0.29, 0.717) is 11.1 Å². The molecule has 0 unspecified atom stereocenters. The number of amides is 1. The Morgan fingerprint density at radius 3 is 1.42 bits per heavy atom. The number of carbonyl (C=O) groups excluding carboxylic acids is 2. The van der Waals surface area contributed by atoms with Crippen LogP contribution in [-0.2, 0) is 36.0 Å². The molecule has 0 saturated carbocycles. The topological polar surface area (TPSA) is 273 Å². The first-order valence-corrected chi connectivity index (χ1v) is 13.8. The maximum atomic E-state index is 11.8. The van der Waals surface area contributed by atoms with E-state index in [1.165, 1.54) is 26.0 Å². The molecule has 0 aliphatic rings. The summed E-state index contributed by atoms with van der Waals surface area (Å²) in [7, 11) is 2.11. The number of hydrogen-bond acceptors (Lipinski definition) is 12. The van der Waals surface area contributed by atoms with Gasteiger partial charge in [0.15, 0.2) is 0 Å². The number of nitro groups is 2. The second-order valence-electron chi connectivity index (χ2n) is 13.2. The minimum atomic E-state index is -1.33. The van der Waals surface area contributed by atoms with Gasteiger partial charge < -0.3 is 36.0 Å². The molecule has 0 bridgehead atoms. The van der Waals surface area contributed by atoms with E-state index in [1.54, 1.807) is 55.4 Å². The number of carboxylic acids is 1. The van der Waals surface area contributed by atoms with Crippen LogP contribution in [-0.4, -0.2) is 62.9 Å². The molecular formula is C31H46N3NaO13. The SMILES string of the molecule is CC(C)(C)c1cc(C(C)(C)C(=O)O)c(O)cc1[N+](=O)[O-].CO.COC(=O)Oc1cc([N+](=O)[O-])c(C(C)(C)C)cc1C(C)(C)C(N)=O.[Na+].[OH-]. The minimum absolute atomic E-state index is 0. The van der Waals surface area contributed by atoms with E-state index in [1.807, 2.05) is 0 Å². The van der Waals surface area contributed by atoms with E-state index in [2.05, 4.69) is 4.74 Å². The van der Waals surface area contributed by atoms with Crippen LogP contribution in [0.2, 0.25) is 0 Å². The normalized spacial score (nSPS) is 11.1. The van der Waals surface area contributed by atoms with Crippen molar-refractivity contribution in [3.63, 3.8) is 0 Å². The number of rotatable bonds is 7. The number of carboxylic acid groups (broad SMARTS) is 1. The number of nitrogens with two attached hydrogens (primary N) is 1. The molecule has 0 fully saturated rings. The third-order valence-corrected chi connectivity index (χ3v) is 7.08. The average Bonchev–Trinajstić information content (AvgIpc) is 2.92. The van der Waals surface area contributed by atoms with Crippen LogP contribution in [0.4, 0.5) is 16.2 Å². The standard InChI is InChI=1S/C16H22N2O6.C14H19NO5.CH4O.Na.H2O/c1-15(2,3)9-7-10(16(4,5)13(17)19)12(24-14(20)23-6)8-11(9)18(21)22;1-13(2,3)8-6-9(14(4,5)12(17)18)11(16)7-10(8)15(19)20;1-2;;/h7-8H,1-6H3,(H2,17,19);6-7,16H,1-5H3,(H,17,18);2H,1H3;;1H2/q;;;+1;/p-1. The number of primary amides is 1. The number of aromatic hydroxyl groups is 1. The number of hydrogen-bond donors (Lipinski definition) is 4. The molecule has 0 aromatic heterocycles. The quantitative estimate of drug-likeness (QED) is 0.107. The Morgan fingerprint density at radius 1 is 0.729 bits per heavy atom. The zero-order chi connectivity index (χ0) is 36.7. The number of nitrogens with zero attached hydrogens (tertiary/aromatic N) is 2. The summed E-state index contributed by atoms with van der Waals surface area (Å²) in [6, 6.07) is 5.06. The van der Waals surface area contributed by atoms with Gasteiger partial charge >= 0.3 is 41.7 Å². The van der Waals surface area contributed by atoms with Gasteiger partial charge in [-0.3, -0.25) is 29.8 Å². The number of methoxy groups -OCH3 is 1.